The van der Waals surface area contributed by atoms with Crippen LogP contribution in [0.5, 0.6) is 0 Å². The number of nitrogens with one attached hydrogen (secondary N) is 1. The van der Waals surface area contributed by atoms with Crippen molar-refractivity contribution in [1.82, 2.24) is 24.7 Å². The molecule has 1 N–H and O–H groups in total. The summed E-state index contributed by atoms with van der Waals surface area (Å²) in [5, 5.41) is 19.4. The van der Waals surface area contributed by atoms with E-state index < -0.39 is 15.3 Å². The minimum absolute atomic E-state index is 0.110. The van der Waals surface area contributed by atoms with Gasteiger partial charge in [-0.2, -0.15) is 10.4 Å². The second-order valence-corrected chi connectivity index (χ2v) is 14.6. The maximum absolute atomic E-state index is 11.9. The number of rotatable bonds is 9. The molecular formula is C30H35ClN8O2S. The number of hydrogen-bond acceptors (Lipinski definition) is 9. The normalized spacial score (nSPS) is 17.4. The lowest BCUT2D eigenvalue weighted by molar-refractivity contribution is 0.342. The molecule has 10 nitrogen and oxygen atoms in total. The lowest BCUT2D eigenvalue weighted by Crippen LogP contribution is -2.57. The Morgan fingerprint density at radius 2 is 1.95 bits per heavy atom. The van der Waals surface area contributed by atoms with Gasteiger partial charge in [-0.15, -0.1) is 0 Å². The third-order valence-corrected chi connectivity index (χ3v) is 9.01. The van der Waals surface area contributed by atoms with Crippen LogP contribution in [0.4, 0.5) is 17.3 Å². The Balaban J connectivity index is 1.43. The number of anilines is 3. The predicted octanol–water partition coefficient (Wildman–Crippen LogP) is 5.83. The molecule has 0 unspecified atom stereocenters. The van der Waals surface area contributed by atoms with Gasteiger partial charge in [0.25, 0.3) is 0 Å². The second kappa shape index (κ2) is 11.2. The minimum atomic E-state index is -3.03. The van der Waals surface area contributed by atoms with Crippen LogP contribution in [0.2, 0.25) is 5.15 Å². The number of hydrogen-bond donors (Lipinski definition) is 1. The van der Waals surface area contributed by atoms with E-state index >= 15 is 0 Å². The minimum Gasteiger partial charge on any atom is -0.368 e. The highest BCUT2D eigenvalue weighted by atomic mass is 35.5. The predicted molar refractivity (Wildman–Crippen MR) is 167 cm³/mol. The molecular weight excluding hydrogens is 572 g/mol. The van der Waals surface area contributed by atoms with E-state index in [4.69, 9.17) is 16.6 Å². The average molecular weight is 607 g/mol. The van der Waals surface area contributed by atoms with Crippen molar-refractivity contribution in [3.8, 4) is 17.5 Å². The van der Waals surface area contributed by atoms with E-state index in [1.807, 2.05) is 26.1 Å². The lowest BCUT2D eigenvalue weighted by atomic mass is 9.88. The third-order valence-electron chi connectivity index (χ3n) is 7.69. The van der Waals surface area contributed by atoms with Crippen molar-refractivity contribution in [2.75, 3.05) is 28.8 Å². The Morgan fingerprint density at radius 1 is 1.19 bits per heavy atom. The quantitative estimate of drug-likeness (QED) is 0.250. The van der Waals surface area contributed by atoms with Gasteiger partial charge in [-0.25, -0.2) is 23.4 Å². The molecule has 0 radical (unpaired) electrons. The van der Waals surface area contributed by atoms with Gasteiger partial charge in [-0.05, 0) is 55.8 Å². The van der Waals surface area contributed by atoms with Crippen LogP contribution >= 0.6 is 11.6 Å². The van der Waals surface area contributed by atoms with Crippen LogP contribution in [0.25, 0.3) is 22.2 Å². The molecule has 0 aliphatic carbocycles. The fourth-order valence-electron chi connectivity index (χ4n) is 5.41. The van der Waals surface area contributed by atoms with Crippen molar-refractivity contribution in [2.24, 2.45) is 11.3 Å². The summed E-state index contributed by atoms with van der Waals surface area (Å²) in [6.45, 7) is 11.2. The first-order valence-corrected chi connectivity index (χ1v) is 16.3. The zero-order valence-electron chi connectivity index (χ0n) is 24.6. The van der Waals surface area contributed by atoms with E-state index in [9.17, 15) is 13.7 Å². The number of benzene rings is 1. The molecule has 4 aromatic rings. The van der Waals surface area contributed by atoms with E-state index in [-0.39, 0.29) is 22.9 Å². The van der Waals surface area contributed by atoms with Gasteiger partial charge >= 0.3 is 0 Å². The topological polar surface area (TPSA) is 130 Å². The monoisotopic (exact) mass is 606 g/mol. The molecule has 1 aromatic carbocycles. The molecule has 0 spiro atoms. The first-order chi connectivity index (χ1) is 19.7. The summed E-state index contributed by atoms with van der Waals surface area (Å²) in [6, 6.07) is 10.5. The number of aromatic nitrogens is 5. The summed E-state index contributed by atoms with van der Waals surface area (Å²) in [5.41, 5.74) is 2.23. The van der Waals surface area contributed by atoms with Crippen molar-refractivity contribution in [1.29, 1.82) is 5.26 Å². The standard InChI is InChI=1S/C30H35ClN8O2S/c1-18(2)21-7-8-25(39-13-20(19(39)3)15-42(6,40)41)23-12-34-27(11-22(21)23)35-26-9-10-33-29(36-26)24-14-38(37-28(24)31)17-30(4,5)16-32/h7-12,14,18-20H,13,15,17H2,1-6H3,(H,33,34,35,36)/t19-,20-/m1/s1. The Kier molecular flexibility index (Phi) is 7.89. The first-order valence-electron chi connectivity index (χ1n) is 13.9. The van der Waals surface area contributed by atoms with Gasteiger partial charge in [0.05, 0.1) is 29.3 Å². The summed E-state index contributed by atoms with van der Waals surface area (Å²) in [6.07, 6.45) is 6.57. The van der Waals surface area contributed by atoms with Crippen molar-refractivity contribution in [3.05, 3.63) is 53.6 Å². The maximum atomic E-state index is 11.9. The van der Waals surface area contributed by atoms with Crippen molar-refractivity contribution >= 4 is 49.5 Å². The van der Waals surface area contributed by atoms with Crippen LogP contribution in [0.1, 0.15) is 46.1 Å². The van der Waals surface area contributed by atoms with Gasteiger partial charge < -0.3 is 10.2 Å². The van der Waals surface area contributed by atoms with Crippen LogP contribution in [-0.2, 0) is 16.4 Å². The zero-order chi connectivity index (χ0) is 30.4. The zero-order valence-corrected chi connectivity index (χ0v) is 26.2. The van der Waals surface area contributed by atoms with E-state index in [2.05, 4.69) is 64.3 Å². The van der Waals surface area contributed by atoms with Crippen molar-refractivity contribution in [3.63, 3.8) is 0 Å². The largest absolute Gasteiger partial charge is 0.368 e. The summed E-state index contributed by atoms with van der Waals surface area (Å²) in [7, 11) is -3.03. The molecule has 1 fully saturated rings. The van der Waals surface area contributed by atoms with Crippen molar-refractivity contribution < 1.29 is 8.42 Å². The van der Waals surface area contributed by atoms with E-state index in [1.165, 1.54) is 11.8 Å². The smallest absolute Gasteiger partial charge is 0.166 e. The van der Waals surface area contributed by atoms with Gasteiger partial charge in [-0.1, -0.05) is 31.5 Å². The van der Waals surface area contributed by atoms with Gasteiger partial charge in [0.15, 0.2) is 11.0 Å². The fourth-order valence-corrected chi connectivity index (χ4v) is 6.81. The molecule has 3 aromatic heterocycles. The van der Waals surface area contributed by atoms with Crippen LogP contribution in [0.3, 0.4) is 0 Å². The molecule has 0 bridgehead atoms. The molecule has 220 valence electrons. The van der Waals surface area contributed by atoms with Gasteiger partial charge in [-0.3, -0.25) is 4.68 Å². The Morgan fingerprint density at radius 3 is 2.62 bits per heavy atom. The fraction of sp³-hybridized carbons (Fsp3) is 0.433. The molecule has 1 aliphatic rings. The molecule has 42 heavy (non-hydrogen) atoms. The summed E-state index contributed by atoms with van der Waals surface area (Å²) in [4.78, 5) is 16.0. The summed E-state index contributed by atoms with van der Waals surface area (Å²) >= 11 is 6.42. The molecule has 0 saturated carbocycles. The van der Waals surface area contributed by atoms with E-state index in [1.54, 1.807) is 23.1 Å². The molecule has 4 heterocycles. The second-order valence-electron chi connectivity index (χ2n) is 12.1. The number of fused-ring (bicyclic) bond motifs is 1. The summed E-state index contributed by atoms with van der Waals surface area (Å²) in [5.74, 6) is 2.19. The van der Waals surface area contributed by atoms with Crippen LogP contribution in [-0.4, -0.2) is 57.7 Å². The molecule has 5 rings (SSSR count). The van der Waals surface area contributed by atoms with Gasteiger partial charge in [0.2, 0.25) is 0 Å². The lowest BCUT2D eigenvalue weighted by Gasteiger charge is -2.48. The van der Waals surface area contributed by atoms with E-state index in [0.717, 1.165) is 16.5 Å². The van der Waals surface area contributed by atoms with Crippen molar-refractivity contribution in [2.45, 2.75) is 53.1 Å². The Bertz CT molecular complexity index is 1790. The average Bonchev–Trinajstić information content (AvgIpc) is 3.28. The number of nitrogens with zero attached hydrogens (tertiary/aromatic N) is 7. The van der Waals surface area contributed by atoms with Gasteiger partial charge in [0.1, 0.15) is 21.5 Å². The molecule has 0 amide bonds. The number of pyridine rings is 1. The number of nitriles is 1. The number of sulfone groups is 1. The highest BCUT2D eigenvalue weighted by Crippen LogP contribution is 2.39. The summed E-state index contributed by atoms with van der Waals surface area (Å²) < 4.78 is 25.4. The van der Waals surface area contributed by atoms with E-state index in [0.29, 0.717) is 42.0 Å². The van der Waals surface area contributed by atoms with Crippen LogP contribution in [0.15, 0.2) is 42.9 Å². The molecule has 1 saturated heterocycles. The number of halogens is 1. The maximum Gasteiger partial charge on any atom is 0.166 e. The highest BCUT2D eigenvalue weighted by Gasteiger charge is 2.38. The highest BCUT2D eigenvalue weighted by molar-refractivity contribution is 7.90. The third kappa shape index (κ3) is 6.20. The SMILES string of the molecule is CC(C)c1ccc(N2C[C@H](CS(C)(=O)=O)[C@H]2C)c2cnc(Nc3ccnc(-c4cn(CC(C)(C)C#N)nc4Cl)n3)cc12. The van der Waals surface area contributed by atoms with Crippen LogP contribution < -0.4 is 10.2 Å². The molecule has 1 aliphatic heterocycles. The molecule has 12 heteroatoms. The first kappa shape index (κ1) is 29.7. The van der Waals surface area contributed by atoms with Crippen LogP contribution in [0, 0.1) is 22.7 Å². The Labute approximate surface area is 251 Å². The Hall–Kier alpha value is -3.75. The molecule has 2 atom stereocenters. The van der Waals surface area contributed by atoms with Gasteiger partial charge in [0, 0.05) is 54.4 Å².